The van der Waals surface area contributed by atoms with Crippen molar-refractivity contribution in [2.24, 2.45) is 0 Å². The number of ether oxygens (including phenoxy) is 1. The van der Waals surface area contributed by atoms with Crippen LogP contribution < -0.4 is 4.48 Å². The van der Waals surface area contributed by atoms with Crippen LogP contribution in [-0.4, -0.2) is 39.2 Å². The molecule has 0 aliphatic carbocycles. The van der Waals surface area contributed by atoms with Crippen LogP contribution in [0.25, 0.3) is 0 Å². The summed E-state index contributed by atoms with van der Waals surface area (Å²) >= 11 is 1.38. The Bertz CT molecular complexity index is 537. The first-order valence-corrected chi connectivity index (χ1v) is 6.95. The van der Waals surface area contributed by atoms with E-state index in [2.05, 4.69) is 5.10 Å². The van der Waals surface area contributed by atoms with E-state index in [4.69, 9.17) is 4.74 Å². The zero-order chi connectivity index (χ0) is 13.0. The van der Waals surface area contributed by atoms with Gasteiger partial charge in [0, 0.05) is 0 Å². The molecular weight excluding hydrogens is 291 g/mol. The second-order valence-electron chi connectivity index (χ2n) is 3.81. The summed E-state index contributed by atoms with van der Waals surface area (Å²) in [5.74, 6) is -0.295. The fourth-order valence-corrected chi connectivity index (χ4v) is 2.38. The molecule has 1 aromatic heterocycles. The van der Waals surface area contributed by atoms with E-state index in [1.807, 2.05) is 35.0 Å². The van der Waals surface area contributed by atoms with E-state index in [-0.39, 0.29) is 5.97 Å². The molecule has 0 fully saturated rings. The molecule has 0 aliphatic heterocycles. The van der Waals surface area contributed by atoms with Crippen LogP contribution in [-0.2, 0) is 11.3 Å². The third-order valence-corrected chi connectivity index (χ3v) is 3.83. The number of esters is 1. The topological polar surface area (TPSA) is 44.1 Å². The molecule has 0 saturated heterocycles. The Morgan fingerprint density at radius 2 is 2.11 bits per heavy atom. The zero-order valence-electron chi connectivity index (χ0n) is 10.2. The average Bonchev–Trinajstić information content (AvgIpc) is 2.73. The Kier molecular flexibility index (Phi) is 4.21. The van der Waals surface area contributed by atoms with Crippen molar-refractivity contribution in [2.45, 2.75) is 13.5 Å². The fraction of sp³-hybridized carbons (Fsp3) is 0.231. The Balaban J connectivity index is 2.18. The maximum atomic E-state index is 11.7. The van der Waals surface area contributed by atoms with Gasteiger partial charge in [-0.15, -0.1) is 0 Å². The van der Waals surface area contributed by atoms with Crippen molar-refractivity contribution < 1.29 is 9.53 Å². The van der Waals surface area contributed by atoms with Gasteiger partial charge < -0.3 is 0 Å². The van der Waals surface area contributed by atoms with E-state index in [1.54, 1.807) is 13.1 Å². The second kappa shape index (κ2) is 5.87. The number of nitrogens with zero attached hydrogens (tertiary/aromatic N) is 2. The zero-order valence-corrected chi connectivity index (χ0v) is 12.6. The number of hydrogen-bond acceptors (Lipinski definition) is 3. The van der Waals surface area contributed by atoms with Crippen molar-refractivity contribution in [1.29, 1.82) is 0 Å². The van der Waals surface area contributed by atoms with E-state index in [0.717, 1.165) is 10.0 Å². The molecule has 0 aliphatic rings. The molecule has 0 saturated carbocycles. The van der Waals surface area contributed by atoms with Gasteiger partial charge >= 0.3 is 114 Å². The standard InChI is InChI=1S/C13H15AsN2O2/c1-2-18-13(17)11-8-15-16(12(11)14)9-10-6-4-3-5-7-10/h3-8H,2,9,14H2,1H3. The van der Waals surface area contributed by atoms with Crippen molar-refractivity contribution in [2.75, 3.05) is 6.61 Å². The summed E-state index contributed by atoms with van der Waals surface area (Å²) in [6, 6.07) is 10.0. The van der Waals surface area contributed by atoms with Crippen molar-refractivity contribution in [3.8, 4) is 0 Å². The van der Waals surface area contributed by atoms with E-state index >= 15 is 0 Å². The Hall–Kier alpha value is -1.54. The molecule has 1 heterocycles. The van der Waals surface area contributed by atoms with E-state index in [0.29, 0.717) is 18.7 Å². The molecule has 1 aromatic carbocycles. The van der Waals surface area contributed by atoms with Crippen LogP contribution in [0, 0.1) is 0 Å². The Labute approximate surface area is 114 Å². The third-order valence-electron chi connectivity index (χ3n) is 2.55. The van der Waals surface area contributed by atoms with Gasteiger partial charge in [0.25, 0.3) is 0 Å². The monoisotopic (exact) mass is 306 g/mol. The van der Waals surface area contributed by atoms with Gasteiger partial charge in [-0.3, -0.25) is 0 Å². The first kappa shape index (κ1) is 12.9. The van der Waals surface area contributed by atoms with Gasteiger partial charge in [0.2, 0.25) is 0 Å². The first-order chi connectivity index (χ1) is 8.72. The van der Waals surface area contributed by atoms with Crippen molar-refractivity contribution >= 4 is 27.3 Å². The van der Waals surface area contributed by atoms with Crippen LogP contribution in [0.2, 0.25) is 0 Å². The minimum absolute atomic E-state index is 0.295. The molecule has 4 nitrogen and oxygen atoms in total. The molecule has 0 N–H and O–H groups in total. The van der Waals surface area contributed by atoms with Gasteiger partial charge in [-0.2, -0.15) is 0 Å². The van der Waals surface area contributed by atoms with Crippen molar-refractivity contribution in [3.63, 3.8) is 0 Å². The molecule has 94 valence electrons. The van der Waals surface area contributed by atoms with Gasteiger partial charge in [0.1, 0.15) is 0 Å². The predicted molar refractivity (Wildman–Crippen MR) is 71.9 cm³/mol. The third kappa shape index (κ3) is 2.82. The van der Waals surface area contributed by atoms with Crippen LogP contribution in [0.1, 0.15) is 22.8 Å². The van der Waals surface area contributed by atoms with Gasteiger partial charge in [-0.1, -0.05) is 0 Å². The molecule has 5 heteroatoms. The second-order valence-corrected chi connectivity index (χ2v) is 4.95. The number of carbonyl (C=O) groups is 1. The number of benzene rings is 1. The summed E-state index contributed by atoms with van der Waals surface area (Å²) in [6.45, 7) is 2.86. The van der Waals surface area contributed by atoms with Gasteiger partial charge in [-0.05, 0) is 0 Å². The van der Waals surface area contributed by atoms with Crippen LogP contribution in [0.15, 0.2) is 36.5 Å². The van der Waals surface area contributed by atoms with E-state index in [9.17, 15) is 4.79 Å². The molecule has 1 atom stereocenters. The molecule has 2 rings (SSSR count). The quantitative estimate of drug-likeness (QED) is 0.605. The molecule has 1 unspecified atom stereocenters. The summed E-state index contributed by atoms with van der Waals surface area (Å²) in [7, 11) is 0. The number of aromatic nitrogens is 2. The molecule has 0 bridgehead atoms. The van der Waals surface area contributed by atoms with Crippen LogP contribution in [0.5, 0.6) is 0 Å². The summed E-state index contributed by atoms with van der Waals surface area (Å²) in [5, 5.41) is 4.25. The molecular formula is C13H15AsN2O2. The number of carbonyl (C=O) groups excluding carboxylic acids is 1. The summed E-state index contributed by atoms with van der Waals surface area (Å²) in [6.07, 6.45) is 1.58. The average molecular weight is 306 g/mol. The van der Waals surface area contributed by atoms with E-state index in [1.165, 1.54) is 16.9 Å². The van der Waals surface area contributed by atoms with Crippen LogP contribution in [0.4, 0.5) is 0 Å². The fourth-order valence-electron chi connectivity index (χ4n) is 1.64. The maximum absolute atomic E-state index is 11.7. The SMILES string of the molecule is CCOC(=O)c1cnn(Cc2ccccc2)c1[AsH2]. The van der Waals surface area contributed by atoms with Crippen molar-refractivity contribution in [1.82, 2.24) is 9.78 Å². The van der Waals surface area contributed by atoms with Crippen molar-refractivity contribution in [3.05, 3.63) is 47.7 Å². The molecule has 18 heavy (non-hydrogen) atoms. The van der Waals surface area contributed by atoms with Crippen LogP contribution in [0.3, 0.4) is 0 Å². The molecule has 0 spiro atoms. The van der Waals surface area contributed by atoms with Gasteiger partial charge in [0.05, 0.1) is 0 Å². The summed E-state index contributed by atoms with van der Waals surface area (Å²) in [5.41, 5.74) is 1.72. The summed E-state index contributed by atoms with van der Waals surface area (Å²) < 4.78 is 7.72. The van der Waals surface area contributed by atoms with Crippen LogP contribution >= 0.6 is 0 Å². The van der Waals surface area contributed by atoms with E-state index < -0.39 is 0 Å². The normalized spacial score (nSPS) is 10.3. The Morgan fingerprint density at radius 3 is 2.78 bits per heavy atom. The van der Waals surface area contributed by atoms with Gasteiger partial charge in [0.15, 0.2) is 0 Å². The molecule has 2 aromatic rings. The first-order valence-electron chi connectivity index (χ1n) is 5.74. The number of rotatable bonds is 4. The number of hydrogen-bond donors (Lipinski definition) is 0. The summed E-state index contributed by atoms with van der Waals surface area (Å²) in [4.78, 5) is 11.7. The molecule has 0 radical (unpaired) electrons. The minimum atomic E-state index is -0.295. The predicted octanol–water partition coefficient (Wildman–Crippen LogP) is 0.366. The Morgan fingerprint density at radius 1 is 1.39 bits per heavy atom. The molecule has 0 amide bonds. The van der Waals surface area contributed by atoms with Gasteiger partial charge in [-0.25, -0.2) is 0 Å².